The summed E-state index contributed by atoms with van der Waals surface area (Å²) in [5, 5.41) is 12.3. The summed E-state index contributed by atoms with van der Waals surface area (Å²) < 4.78 is 5.07. The van der Waals surface area contributed by atoms with Gasteiger partial charge in [-0.25, -0.2) is 0 Å². The second kappa shape index (κ2) is 7.49. The van der Waals surface area contributed by atoms with Crippen molar-refractivity contribution in [3.63, 3.8) is 0 Å². The minimum Gasteiger partial charge on any atom is -0.497 e. The van der Waals surface area contributed by atoms with E-state index in [4.69, 9.17) is 4.74 Å². The predicted octanol–water partition coefficient (Wildman–Crippen LogP) is 2.68. The topological polar surface area (TPSA) is 75.0 Å². The van der Waals surface area contributed by atoms with Crippen LogP contribution in [0, 0.1) is 11.3 Å². The third kappa shape index (κ3) is 3.95. The first kappa shape index (κ1) is 16.0. The Morgan fingerprint density at radius 3 is 2.60 bits per heavy atom. The van der Waals surface area contributed by atoms with Gasteiger partial charge in [0.05, 0.1) is 13.2 Å². The number of nitrogens with zero attached hydrogens (tertiary/aromatic N) is 2. The van der Waals surface area contributed by atoms with Gasteiger partial charge in [0, 0.05) is 12.3 Å². The number of nitriles is 1. The number of rotatable bonds is 7. The molecule has 1 heterocycles. The fraction of sp³-hybridized carbons (Fsp3) is 0.533. The van der Waals surface area contributed by atoms with Crippen molar-refractivity contribution in [2.45, 2.75) is 45.1 Å². The molecule has 1 rings (SSSR count). The number of carbonyl (C=O) groups excluding carboxylic acids is 1. The molecule has 0 aliphatic heterocycles. The molecule has 1 aromatic heterocycles. The summed E-state index contributed by atoms with van der Waals surface area (Å²) in [6.07, 6.45) is 4.44. The predicted molar refractivity (Wildman–Crippen MR) is 76.4 cm³/mol. The molecule has 0 saturated heterocycles. The molecule has 108 valence electrons. The van der Waals surface area contributed by atoms with Crippen molar-refractivity contribution in [3.05, 3.63) is 24.0 Å². The van der Waals surface area contributed by atoms with E-state index >= 15 is 0 Å². The summed E-state index contributed by atoms with van der Waals surface area (Å²) >= 11 is 0. The molecule has 0 radical (unpaired) electrons. The monoisotopic (exact) mass is 275 g/mol. The number of hydrogen-bond donors (Lipinski definition) is 1. The molecular weight excluding hydrogens is 254 g/mol. The highest BCUT2D eigenvalue weighted by molar-refractivity contribution is 5.93. The van der Waals surface area contributed by atoms with Gasteiger partial charge in [0.1, 0.15) is 17.0 Å². The molecule has 0 bridgehead atoms. The average molecular weight is 275 g/mol. The number of amides is 1. The largest absolute Gasteiger partial charge is 0.497 e. The smallest absolute Gasteiger partial charge is 0.271 e. The molecule has 1 amide bonds. The maximum Gasteiger partial charge on any atom is 0.271 e. The van der Waals surface area contributed by atoms with Gasteiger partial charge in [-0.3, -0.25) is 9.78 Å². The summed E-state index contributed by atoms with van der Waals surface area (Å²) in [6, 6.07) is 5.49. The fourth-order valence-electron chi connectivity index (χ4n) is 2.19. The van der Waals surface area contributed by atoms with E-state index in [-0.39, 0.29) is 11.6 Å². The lowest BCUT2D eigenvalue weighted by molar-refractivity contribution is 0.0906. The lowest BCUT2D eigenvalue weighted by Crippen LogP contribution is -2.47. The SMILES string of the molecule is CCCC(C#N)(CCC)NC(=O)c1cc(OC)ccn1. The van der Waals surface area contributed by atoms with E-state index in [1.165, 1.54) is 13.3 Å². The maximum atomic E-state index is 12.3. The van der Waals surface area contributed by atoms with Gasteiger partial charge in [-0.1, -0.05) is 26.7 Å². The minimum absolute atomic E-state index is 0.260. The molecule has 0 fully saturated rings. The Morgan fingerprint density at radius 2 is 2.10 bits per heavy atom. The second-order valence-electron chi connectivity index (χ2n) is 4.73. The molecule has 0 spiro atoms. The molecule has 0 atom stereocenters. The van der Waals surface area contributed by atoms with Crippen LogP contribution in [0.1, 0.15) is 50.0 Å². The van der Waals surface area contributed by atoms with E-state index in [2.05, 4.69) is 16.4 Å². The van der Waals surface area contributed by atoms with Crippen molar-refractivity contribution in [1.82, 2.24) is 10.3 Å². The van der Waals surface area contributed by atoms with Gasteiger partial charge in [0.25, 0.3) is 5.91 Å². The zero-order valence-electron chi connectivity index (χ0n) is 12.3. The van der Waals surface area contributed by atoms with Gasteiger partial charge in [0.2, 0.25) is 0 Å². The molecule has 0 aromatic carbocycles. The normalized spacial score (nSPS) is 10.7. The molecule has 0 unspecified atom stereocenters. The first-order chi connectivity index (χ1) is 9.60. The molecule has 5 nitrogen and oxygen atoms in total. The van der Waals surface area contributed by atoms with Crippen LogP contribution in [0.2, 0.25) is 0 Å². The molecule has 20 heavy (non-hydrogen) atoms. The van der Waals surface area contributed by atoms with Crippen LogP contribution >= 0.6 is 0 Å². The molecule has 0 aliphatic carbocycles. The summed E-state index contributed by atoms with van der Waals surface area (Å²) in [6.45, 7) is 4.00. The average Bonchev–Trinajstić information content (AvgIpc) is 2.47. The molecule has 5 heteroatoms. The van der Waals surface area contributed by atoms with E-state index in [1.807, 2.05) is 13.8 Å². The van der Waals surface area contributed by atoms with Crippen LogP contribution in [0.25, 0.3) is 0 Å². The van der Waals surface area contributed by atoms with Crippen molar-refractivity contribution in [2.24, 2.45) is 0 Å². The first-order valence-electron chi connectivity index (χ1n) is 6.84. The Bertz CT molecular complexity index is 488. The van der Waals surface area contributed by atoms with Gasteiger partial charge < -0.3 is 10.1 Å². The van der Waals surface area contributed by atoms with Crippen molar-refractivity contribution in [1.29, 1.82) is 5.26 Å². The highest BCUT2D eigenvalue weighted by atomic mass is 16.5. The summed E-state index contributed by atoms with van der Waals surface area (Å²) in [5.41, 5.74) is -0.554. The third-order valence-electron chi connectivity index (χ3n) is 3.12. The Labute approximate surface area is 120 Å². The third-order valence-corrected chi connectivity index (χ3v) is 3.12. The molecule has 0 saturated carbocycles. The number of hydrogen-bond acceptors (Lipinski definition) is 4. The van der Waals surface area contributed by atoms with Gasteiger partial charge in [0.15, 0.2) is 0 Å². The lowest BCUT2D eigenvalue weighted by atomic mass is 9.90. The number of methoxy groups -OCH3 is 1. The van der Waals surface area contributed by atoms with Crippen LogP contribution < -0.4 is 10.1 Å². The van der Waals surface area contributed by atoms with Crippen LogP contribution in [0.5, 0.6) is 5.75 Å². The van der Waals surface area contributed by atoms with Crippen LogP contribution in [0.4, 0.5) is 0 Å². The van der Waals surface area contributed by atoms with Crippen molar-refractivity contribution < 1.29 is 9.53 Å². The van der Waals surface area contributed by atoms with Crippen LogP contribution in [-0.2, 0) is 0 Å². The molecular formula is C15H21N3O2. The van der Waals surface area contributed by atoms with E-state index < -0.39 is 5.54 Å². The zero-order chi connectivity index (χ0) is 15.0. The van der Waals surface area contributed by atoms with E-state index in [0.717, 1.165) is 12.8 Å². The standard InChI is InChI=1S/C15H21N3O2/c1-4-7-15(11-16,8-5-2)18-14(19)13-10-12(20-3)6-9-17-13/h6,9-10H,4-5,7-8H2,1-3H3,(H,18,19). The Hall–Kier alpha value is -2.09. The number of carbonyl (C=O) groups is 1. The van der Waals surface area contributed by atoms with Crippen LogP contribution in [0.3, 0.4) is 0 Å². The summed E-state index contributed by atoms with van der Waals surface area (Å²) in [4.78, 5) is 16.3. The summed E-state index contributed by atoms with van der Waals surface area (Å²) in [7, 11) is 1.53. The van der Waals surface area contributed by atoms with Crippen LogP contribution in [-0.4, -0.2) is 23.5 Å². The fourth-order valence-corrected chi connectivity index (χ4v) is 2.19. The second-order valence-corrected chi connectivity index (χ2v) is 4.73. The number of aromatic nitrogens is 1. The highest BCUT2D eigenvalue weighted by Gasteiger charge is 2.30. The first-order valence-corrected chi connectivity index (χ1v) is 6.84. The van der Waals surface area contributed by atoms with Crippen molar-refractivity contribution in [3.8, 4) is 11.8 Å². The zero-order valence-corrected chi connectivity index (χ0v) is 12.3. The van der Waals surface area contributed by atoms with E-state index in [1.54, 1.807) is 12.1 Å². The molecule has 0 aliphatic rings. The van der Waals surface area contributed by atoms with Crippen LogP contribution in [0.15, 0.2) is 18.3 Å². The number of nitrogens with one attached hydrogen (secondary N) is 1. The maximum absolute atomic E-state index is 12.3. The minimum atomic E-state index is -0.814. The van der Waals surface area contributed by atoms with Crippen molar-refractivity contribution >= 4 is 5.91 Å². The summed E-state index contributed by atoms with van der Waals surface area (Å²) in [5.74, 6) is 0.228. The Kier molecular flexibility index (Phi) is 5.98. The van der Waals surface area contributed by atoms with Gasteiger partial charge in [-0.05, 0) is 18.9 Å². The quantitative estimate of drug-likeness (QED) is 0.830. The molecule has 1 aromatic rings. The van der Waals surface area contributed by atoms with Gasteiger partial charge in [-0.2, -0.15) is 5.26 Å². The Morgan fingerprint density at radius 1 is 1.45 bits per heavy atom. The van der Waals surface area contributed by atoms with Gasteiger partial charge in [-0.15, -0.1) is 0 Å². The van der Waals surface area contributed by atoms with Gasteiger partial charge >= 0.3 is 0 Å². The lowest BCUT2D eigenvalue weighted by Gasteiger charge is -2.27. The van der Waals surface area contributed by atoms with E-state index in [0.29, 0.717) is 18.6 Å². The van der Waals surface area contributed by atoms with Crippen molar-refractivity contribution in [2.75, 3.05) is 7.11 Å². The Balaban J connectivity index is 2.92. The molecule has 1 N–H and O–H groups in total. The number of ether oxygens (including phenoxy) is 1. The highest BCUT2D eigenvalue weighted by Crippen LogP contribution is 2.20. The number of pyridine rings is 1. The van der Waals surface area contributed by atoms with E-state index in [9.17, 15) is 10.1 Å².